The molecule has 124 valence electrons. The summed E-state index contributed by atoms with van der Waals surface area (Å²) in [5.74, 6) is -0.367. The van der Waals surface area contributed by atoms with Gasteiger partial charge in [0.25, 0.3) is 0 Å². The quantitative estimate of drug-likeness (QED) is 0.797. The van der Waals surface area contributed by atoms with Gasteiger partial charge in [0.15, 0.2) is 5.97 Å². The molecule has 0 saturated carbocycles. The smallest absolute Gasteiger partial charge is 0.310 e. The summed E-state index contributed by atoms with van der Waals surface area (Å²) in [4.78, 5) is 11.8. The largest absolute Gasteiger partial charge is 0.538 e. The second-order valence-corrected chi connectivity index (χ2v) is 6.87. The highest BCUT2D eigenvalue weighted by Crippen LogP contribution is 2.31. The first kappa shape index (κ1) is 17.3. The highest BCUT2D eigenvalue weighted by Gasteiger charge is 2.27. The fraction of sp³-hybridized carbons (Fsp3) is 0.474. The second kappa shape index (κ2) is 6.57. The van der Waals surface area contributed by atoms with E-state index in [4.69, 9.17) is 0 Å². The molecule has 1 aromatic carbocycles. The molecule has 0 radical (unpaired) electrons. The summed E-state index contributed by atoms with van der Waals surface area (Å²) < 4.78 is 3.52. The molecule has 0 unspecified atom stereocenters. The zero-order chi connectivity index (χ0) is 17.3. The number of aromatic carboxylic acids is 1. The average Bonchev–Trinajstić information content (AvgIpc) is 2.91. The molecule has 0 fully saturated rings. The minimum Gasteiger partial charge on any atom is -0.538 e. The Kier molecular flexibility index (Phi) is 4.93. The fourth-order valence-electron chi connectivity index (χ4n) is 2.99. The van der Waals surface area contributed by atoms with Crippen LogP contribution in [0.25, 0.3) is 5.69 Å². The monoisotopic (exact) mass is 314 g/mol. The van der Waals surface area contributed by atoms with Crippen LogP contribution in [0.3, 0.4) is 0 Å². The van der Waals surface area contributed by atoms with E-state index in [1.54, 1.807) is 9.13 Å². The Morgan fingerprint density at radius 2 is 1.57 bits per heavy atom. The number of carbonyl (C=O) groups is 1. The van der Waals surface area contributed by atoms with E-state index < -0.39 is 5.97 Å². The number of nitrogens with zero attached hydrogens (tertiary/aromatic N) is 2. The molecule has 0 aliphatic carbocycles. The number of hydrogen-bond acceptors (Lipinski definition) is 2. The highest BCUT2D eigenvalue weighted by molar-refractivity contribution is 5.81. The molecule has 0 N–H and O–H groups in total. The summed E-state index contributed by atoms with van der Waals surface area (Å²) in [5, 5.41) is 11.8. The zero-order valence-corrected chi connectivity index (χ0v) is 14.8. The van der Waals surface area contributed by atoms with Gasteiger partial charge in [-0.15, -0.1) is 0 Å². The van der Waals surface area contributed by atoms with Gasteiger partial charge in [-0.2, -0.15) is 4.57 Å². The molecular formula is C19H26N2O2. The number of aromatic nitrogens is 2. The lowest BCUT2D eigenvalue weighted by molar-refractivity contribution is -0.719. The van der Waals surface area contributed by atoms with Crippen LogP contribution >= 0.6 is 0 Å². The van der Waals surface area contributed by atoms with Crippen molar-refractivity contribution in [1.29, 1.82) is 0 Å². The molecule has 0 amide bonds. The van der Waals surface area contributed by atoms with Crippen molar-refractivity contribution in [2.75, 3.05) is 0 Å². The lowest BCUT2D eigenvalue weighted by Gasteiger charge is -2.18. The predicted molar refractivity (Wildman–Crippen MR) is 88.9 cm³/mol. The Labute approximate surface area is 138 Å². The van der Waals surface area contributed by atoms with Crippen molar-refractivity contribution in [2.45, 2.75) is 59.4 Å². The van der Waals surface area contributed by atoms with Crippen LogP contribution in [0.4, 0.5) is 0 Å². The molecule has 2 rings (SSSR count). The van der Waals surface area contributed by atoms with E-state index in [1.807, 2.05) is 32.3 Å². The Balaban J connectivity index is 2.84. The molecule has 23 heavy (non-hydrogen) atoms. The third-order valence-electron chi connectivity index (χ3n) is 4.17. The molecule has 0 saturated heterocycles. The SMILES string of the molecule is CC(C)c1cccc(C(C)C)c1-n1cc[n+](C(C)C)c1C(=O)[O-]. The number of carboxylic acids is 1. The maximum absolute atomic E-state index is 11.8. The van der Waals surface area contributed by atoms with E-state index in [1.165, 1.54) is 0 Å². The van der Waals surface area contributed by atoms with Gasteiger partial charge in [-0.1, -0.05) is 45.9 Å². The van der Waals surface area contributed by atoms with E-state index in [0.29, 0.717) is 11.8 Å². The standard InChI is InChI=1S/C19H26N2O2/c1-12(2)15-8-7-9-16(13(3)4)17(15)21-11-10-20(14(5)6)18(21)19(22)23/h7-14H,1-6H3. The normalized spacial score (nSPS) is 11.7. The van der Waals surface area contributed by atoms with Gasteiger partial charge in [0.1, 0.15) is 18.1 Å². The van der Waals surface area contributed by atoms with Crippen LogP contribution in [0, 0.1) is 0 Å². The third-order valence-corrected chi connectivity index (χ3v) is 4.17. The molecule has 1 heterocycles. The molecule has 1 aromatic heterocycles. The van der Waals surface area contributed by atoms with E-state index in [9.17, 15) is 9.90 Å². The van der Waals surface area contributed by atoms with E-state index in [2.05, 4.69) is 39.8 Å². The van der Waals surface area contributed by atoms with Gasteiger partial charge < -0.3 is 9.90 Å². The molecule has 0 aliphatic rings. The van der Waals surface area contributed by atoms with E-state index in [-0.39, 0.29) is 11.9 Å². The van der Waals surface area contributed by atoms with Gasteiger partial charge >= 0.3 is 5.82 Å². The molecule has 0 aliphatic heterocycles. The van der Waals surface area contributed by atoms with Crippen LogP contribution in [0.1, 0.15) is 81.2 Å². The van der Waals surface area contributed by atoms with Crippen molar-refractivity contribution >= 4 is 5.97 Å². The summed E-state index contributed by atoms with van der Waals surface area (Å²) in [6, 6.07) is 6.25. The lowest BCUT2D eigenvalue weighted by atomic mass is 9.92. The van der Waals surface area contributed by atoms with Crippen molar-refractivity contribution in [3.63, 3.8) is 0 Å². The van der Waals surface area contributed by atoms with Crippen LogP contribution in [0.2, 0.25) is 0 Å². The van der Waals surface area contributed by atoms with Crippen molar-refractivity contribution in [3.05, 3.63) is 47.5 Å². The van der Waals surface area contributed by atoms with Gasteiger partial charge in [0.05, 0.1) is 6.04 Å². The maximum Gasteiger partial charge on any atom is 0.310 e. The Morgan fingerprint density at radius 1 is 1.04 bits per heavy atom. The maximum atomic E-state index is 11.8. The second-order valence-electron chi connectivity index (χ2n) is 6.87. The summed E-state index contributed by atoms with van der Waals surface area (Å²) in [6.45, 7) is 12.4. The third kappa shape index (κ3) is 3.16. The van der Waals surface area contributed by atoms with Crippen molar-refractivity contribution < 1.29 is 14.5 Å². The molecular weight excluding hydrogens is 288 g/mol. The average molecular weight is 314 g/mol. The number of para-hydroxylation sites is 1. The van der Waals surface area contributed by atoms with Crippen LogP contribution in [0.5, 0.6) is 0 Å². The summed E-state index contributed by atoms with van der Waals surface area (Å²) in [7, 11) is 0. The van der Waals surface area contributed by atoms with Crippen molar-refractivity contribution in [3.8, 4) is 5.69 Å². The highest BCUT2D eigenvalue weighted by atomic mass is 16.4. The zero-order valence-electron chi connectivity index (χ0n) is 14.8. The van der Waals surface area contributed by atoms with Crippen molar-refractivity contribution in [2.24, 2.45) is 0 Å². The van der Waals surface area contributed by atoms with Crippen LogP contribution in [-0.4, -0.2) is 10.5 Å². The first-order valence-electron chi connectivity index (χ1n) is 8.22. The van der Waals surface area contributed by atoms with Crippen molar-refractivity contribution in [1.82, 2.24) is 4.57 Å². The van der Waals surface area contributed by atoms with E-state index >= 15 is 0 Å². The molecule has 0 atom stereocenters. The van der Waals surface area contributed by atoms with Gasteiger partial charge in [0, 0.05) is 11.1 Å². The molecule has 4 nitrogen and oxygen atoms in total. The summed E-state index contributed by atoms with van der Waals surface area (Å²) in [6.07, 6.45) is 3.65. The Morgan fingerprint density at radius 3 is 1.96 bits per heavy atom. The van der Waals surface area contributed by atoms with Gasteiger partial charge in [-0.3, -0.25) is 0 Å². The van der Waals surface area contributed by atoms with Crippen LogP contribution in [-0.2, 0) is 0 Å². The van der Waals surface area contributed by atoms with Gasteiger partial charge in [0.2, 0.25) is 0 Å². The molecule has 2 aromatic rings. The first-order chi connectivity index (χ1) is 10.8. The molecule has 4 heteroatoms. The molecule has 0 bridgehead atoms. The van der Waals surface area contributed by atoms with Gasteiger partial charge in [-0.25, -0.2) is 4.57 Å². The summed E-state index contributed by atoms with van der Waals surface area (Å²) >= 11 is 0. The van der Waals surface area contributed by atoms with Gasteiger partial charge in [-0.05, 0) is 25.7 Å². The number of rotatable bonds is 5. The first-order valence-corrected chi connectivity index (χ1v) is 8.22. The number of benzene rings is 1. The number of carboxylic acid groups (broad SMARTS) is 1. The van der Waals surface area contributed by atoms with E-state index in [0.717, 1.165) is 16.8 Å². The fourth-order valence-corrected chi connectivity index (χ4v) is 2.99. The van der Waals surface area contributed by atoms with Crippen LogP contribution in [0.15, 0.2) is 30.6 Å². The minimum atomic E-state index is -1.16. The number of carbonyl (C=O) groups excluding carboxylic acids is 1. The summed E-state index contributed by atoms with van der Waals surface area (Å²) in [5.41, 5.74) is 3.26. The predicted octanol–water partition coefficient (Wildman–Crippen LogP) is 2.96. The minimum absolute atomic E-state index is 0.0536. The molecule has 0 spiro atoms. The topological polar surface area (TPSA) is 48.9 Å². The number of imidazole rings is 1. The van der Waals surface area contributed by atoms with Crippen LogP contribution < -0.4 is 9.67 Å². The lowest BCUT2D eigenvalue weighted by Crippen LogP contribution is -2.45. The number of hydrogen-bond donors (Lipinski definition) is 0. The Hall–Kier alpha value is -2.10. The Bertz CT molecular complexity index is 686.